The van der Waals surface area contributed by atoms with E-state index in [1.54, 1.807) is 6.07 Å². The monoisotopic (exact) mass is 357 g/mol. The number of carboxylic acids is 1. The number of hydrogen-bond acceptors (Lipinski definition) is 4. The van der Waals surface area contributed by atoms with E-state index in [-0.39, 0.29) is 22.5 Å². The van der Waals surface area contributed by atoms with E-state index in [1.165, 1.54) is 12.3 Å². The standard InChI is InChI=1S/C19H20FN3O3/c20-14-7-12-15(8-16(14)22-6-5-21-19(10-22)3-4-19)23(11-1-2-11)9-13(17(12)24)18(25)26/h7-9,11,21H,1-6,10H2,(H,25,26). The average molecular weight is 357 g/mol. The minimum absolute atomic E-state index is 0.114. The number of benzene rings is 1. The van der Waals surface area contributed by atoms with Crippen molar-refractivity contribution in [3.8, 4) is 0 Å². The molecule has 1 aromatic heterocycles. The van der Waals surface area contributed by atoms with E-state index in [2.05, 4.69) is 5.32 Å². The van der Waals surface area contributed by atoms with Gasteiger partial charge in [0.2, 0.25) is 5.43 Å². The number of aromatic nitrogens is 1. The third kappa shape index (κ3) is 2.41. The molecular weight excluding hydrogens is 337 g/mol. The van der Waals surface area contributed by atoms with Crippen LogP contribution >= 0.6 is 0 Å². The van der Waals surface area contributed by atoms with Gasteiger partial charge in [-0.05, 0) is 37.8 Å². The third-order valence-electron chi connectivity index (χ3n) is 5.84. The second-order valence-corrected chi connectivity index (χ2v) is 7.76. The molecular formula is C19H20FN3O3. The van der Waals surface area contributed by atoms with Gasteiger partial charge in [0.1, 0.15) is 11.4 Å². The Bertz CT molecular complexity index is 992. The summed E-state index contributed by atoms with van der Waals surface area (Å²) in [5.74, 6) is -1.73. The van der Waals surface area contributed by atoms with Crippen molar-refractivity contribution < 1.29 is 14.3 Å². The fourth-order valence-corrected chi connectivity index (χ4v) is 4.06. The van der Waals surface area contributed by atoms with E-state index < -0.39 is 17.2 Å². The number of nitrogens with one attached hydrogen (secondary N) is 1. The Balaban J connectivity index is 1.68. The molecule has 0 bridgehead atoms. The first-order valence-corrected chi connectivity index (χ1v) is 9.09. The lowest BCUT2D eigenvalue weighted by Crippen LogP contribution is -2.52. The number of nitrogens with zero attached hydrogens (tertiary/aromatic N) is 2. The zero-order valence-corrected chi connectivity index (χ0v) is 14.3. The fraction of sp³-hybridized carbons (Fsp3) is 0.474. The quantitative estimate of drug-likeness (QED) is 0.880. The number of pyridine rings is 1. The molecule has 2 aromatic rings. The molecule has 1 spiro atoms. The third-order valence-corrected chi connectivity index (χ3v) is 5.84. The van der Waals surface area contributed by atoms with Crippen LogP contribution in [0.5, 0.6) is 0 Å². The minimum Gasteiger partial charge on any atom is -0.477 e. The molecule has 3 fully saturated rings. The number of halogens is 1. The molecule has 2 heterocycles. The van der Waals surface area contributed by atoms with Crippen LogP contribution in [0.3, 0.4) is 0 Å². The normalized spacial score (nSPS) is 21.3. The van der Waals surface area contributed by atoms with Crippen LogP contribution in [0.2, 0.25) is 0 Å². The van der Waals surface area contributed by atoms with Gasteiger partial charge >= 0.3 is 5.97 Å². The van der Waals surface area contributed by atoms with E-state index in [9.17, 15) is 19.1 Å². The minimum atomic E-state index is -1.27. The lowest BCUT2D eigenvalue weighted by atomic mass is 10.1. The van der Waals surface area contributed by atoms with Crippen LogP contribution in [-0.4, -0.2) is 40.8 Å². The highest BCUT2D eigenvalue weighted by molar-refractivity contribution is 5.93. The largest absolute Gasteiger partial charge is 0.477 e. The maximum Gasteiger partial charge on any atom is 0.341 e. The van der Waals surface area contributed by atoms with Gasteiger partial charge in [-0.25, -0.2) is 9.18 Å². The van der Waals surface area contributed by atoms with Gasteiger partial charge in [0, 0.05) is 42.8 Å². The van der Waals surface area contributed by atoms with Crippen LogP contribution in [0.25, 0.3) is 10.9 Å². The van der Waals surface area contributed by atoms with Gasteiger partial charge in [0.25, 0.3) is 0 Å². The van der Waals surface area contributed by atoms with Crippen molar-refractivity contribution in [3.05, 3.63) is 39.9 Å². The predicted octanol–water partition coefficient (Wildman–Crippen LogP) is 2.12. The van der Waals surface area contributed by atoms with Crippen molar-refractivity contribution in [2.24, 2.45) is 0 Å². The first-order valence-electron chi connectivity index (χ1n) is 9.09. The average Bonchev–Trinajstić information content (AvgIpc) is 3.53. The number of fused-ring (bicyclic) bond motifs is 1. The smallest absolute Gasteiger partial charge is 0.341 e. The summed E-state index contributed by atoms with van der Waals surface area (Å²) in [5.41, 5.74) is 0.331. The number of rotatable bonds is 3. The molecule has 136 valence electrons. The van der Waals surface area contributed by atoms with Crippen molar-refractivity contribution in [1.82, 2.24) is 9.88 Å². The summed E-state index contributed by atoms with van der Waals surface area (Å²) >= 11 is 0. The number of carboxylic acid groups (broad SMARTS) is 1. The van der Waals surface area contributed by atoms with Crippen LogP contribution in [-0.2, 0) is 0 Å². The molecule has 0 unspecified atom stereocenters. The van der Waals surface area contributed by atoms with Gasteiger partial charge < -0.3 is 19.9 Å². The van der Waals surface area contributed by atoms with E-state index >= 15 is 0 Å². The van der Waals surface area contributed by atoms with E-state index in [1.807, 2.05) is 9.47 Å². The molecule has 0 radical (unpaired) electrons. The first-order chi connectivity index (χ1) is 12.5. The second kappa shape index (κ2) is 5.30. The van der Waals surface area contributed by atoms with E-state index in [4.69, 9.17) is 0 Å². The molecule has 0 amide bonds. The predicted molar refractivity (Wildman–Crippen MR) is 95.6 cm³/mol. The molecule has 5 rings (SSSR count). The maximum absolute atomic E-state index is 14.9. The Morgan fingerprint density at radius 2 is 2.08 bits per heavy atom. The summed E-state index contributed by atoms with van der Waals surface area (Å²) in [4.78, 5) is 26.0. The summed E-state index contributed by atoms with van der Waals surface area (Å²) in [6, 6.07) is 3.14. The van der Waals surface area contributed by atoms with Crippen molar-refractivity contribution >= 4 is 22.6 Å². The van der Waals surface area contributed by atoms with Crippen molar-refractivity contribution in [2.75, 3.05) is 24.5 Å². The summed E-state index contributed by atoms with van der Waals surface area (Å²) in [7, 11) is 0. The van der Waals surface area contributed by atoms with Gasteiger partial charge in [-0.3, -0.25) is 4.79 Å². The van der Waals surface area contributed by atoms with Gasteiger partial charge in [-0.2, -0.15) is 0 Å². The number of anilines is 1. The summed E-state index contributed by atoms with van der Waals surface area (Å²) in [6.45, 7) is 2.28. The zero-order valence-electron chi connectivity index (χ0n) is 14.3. The Morgan fingerprint density at radius 1 is 1.31 bits per heavy atom. The number of piperazine rings is 1. The number of carbonyl (C=O) groups is 1. The van der Waals surface area contributed by atoms with Gasteiger partial charge in [0.05, 0.1) is 11.2 Å². The highest BCUT2D eigenvalue weighted by Crippen LogP contribution is 2.41. The molecule has 2 saturated carbocycles. The van der Waals surface area contributed by atoms with Crippen LogP contribution in [0, 0.1) is 5.82 Å². The van der Waals surface area contributed by atoms with Crippen molar-refractivity contribution in [1.29, 1.82) is 0 Å². The zero-order chi connectivity index (χ0) is 18.1. The van der Waals surface area contributed by atoms with Crippen LogP contribution in [0.1, 0.15) is 42.1 Å². The van der Waals surface area contributed by atoms with Crippen molar-refractivity contribution in [2.45, 2.75) is 37.3 Å². The molecule has 1 saturated heterocycles. The first kappa shape index (κ1) is 15.8. The molecule has 7 heteroatoms. The molecule has 3 aliphatic rings. The van der Waals surface area contributed by atoms with Crippen LogP contribution < -0.4 is 15.6 Å². The van der Waals surface area contributed by atoms with Gasteiger partial charge in [-0.1, -0.05) is 0 Å². The van der Waals surface area contributed by atoms with E-state index in [0.29, 0.717) is 17.7 Å². The number of aromatic carboxylic acids is 1. The summed E-state index contributed by atoms with van der Waals surface area (Å²) in [5, 5.41) is 13.0. The van der Waals surface area contributed by atoms with Gasteiger partial charge in [0.15, 0.2) is 0 Å². The summed E-state index contributed by atoms with van der Waals surface area (Å²) in [6.07, 6.45) is 5.52. The molecule has 2 aliphatic carbocycles. The fourth-order valence-electron chi connectivity index (χ4n) is 4.06. The summed E-state index contributed by atoms with van der Waals surface area (Å²) < 4.78 is 16.7. The highest BCUT2D eigenvalue weighted by atomic mass is 19.1. The van der Waals surface area contributed by atoms with Crippen LogP contribution in [0.15, 0.2) is 23.1 Å². The Morgan fingerprint density at radius 3 is 2.73 bits per heavy atom. The molecule has 1 aromatic carbocycles. The van der Waals surface area contributed by atoms with E-state index in [0.717, 1.165) is 38.8 Å². The molecule has 6 nitrogen and oxygen atoms in total. The SMILES string of the molecule is O=C(O)c1cn(C2CC2)c2cc(N3CCNC4(CC4)C3)c(F)cc2c1=O. The second-order valence-electron chi connectivity index (χ2n) is 7.76. The Hall–Kier alpha value is -2.41. The maximum atomic E-state index is 14.9. The van der Waals surface area contributed by atoms with Gasteiger partial charge in [-0.15, -0.1) is 0 Å². The molecule has 0 atom stereocenters. The van der Waals surface area contributed by atoms with Crippen molar-refractivity contribution in [3.63, 3.8) is 0 Å². The van der Waals surface area contributed by atoms with Crippen LogP contribution in [0.4, 0.5) is 10.1 Å². The Labute approximate surface area is 149 Å². The number of hydrogen-bond donors (Lipinski definition) is 2. The molecule has 2 N–H and O–H groups in total. The highest BCUT2D eigenvalue weighted by Gasteiger charge is 2.46. The topological polar surface area (TPSA) is 74.6 Å². The lowest BCUT2D eigenvalue weighted by Gasteiger charge is -2.36. The molecule has 26 heavy (non-hydrogen) atoms. The Kier molecular flexibility index (Phi) is 3.22. The lowest BCUT2D eigenvalue weighted by molar-refractivity contribution is 0.0695. The molecule has 1 aliphatic heterocycles.